The van der Waals surface area contributed by atoms with E-state index in [-0.39, 0.29) is 37.0 Å². The fourth-order valence-corrected chi connectivity index (χ4v) is 0.838. The summed E-state index contributed by atoms with van der Waals surface area (Å²) in [6.07, 6.45) is 0. The van der Waals surface area contributed by atoms with Gasteiger partial charge in [-0.1, -0.05) is 27.7 Å². The van der Waals surface area contributed by atoms with Crippen molar-refractivity contribution in [3.8, 4) is 0 Å². The number of esters is 2. The van der Waals surface area contributed by atoms with Gasteiger partial charge >= 0.3 is 11.9 Å². The van der Waals surface area contributed by atoms with Crippen molar-refractivity contribution >= 4 is 11.9 Å². The Labute approximate surface area is 102 Å². The normalized spacial score (nSPS) is 10.7. The molecule has 5 heteroatoms. The molecule has 0 amide bonds. The molecule has 0 aliphatic carbocycles. The van der Waals surface area contributed by atoms with E-state index in [1.54, 1.807) is 27.7 Å². The summed E-state index contributed by atoms with van der Waals surface area (Å²) in [4.78, 5) is 22.1. The molecule has 5 nitrogen and oxygen atoms in total. The van der Waals surface area contributed by atoms with Crippen LogP contribution in [0.4, 0.5) is 0 Å². The van der Waals surface area contributed by atoms with Gasteiger partial charge in [0.05, 0.1) is 25.0 Å². The van der Waals surface area contributed by atoms with Gasteiger partial charge in [0.15, 0.2) is 0 Å². The minimum absolute atomic E-state index is 0.123. The van der Waals surface area contributed by atoms with Crippen LogP contribution in [0.1, 0.15) is 27.7 Å². The van der Waals surface area contributed by atoms with Gasteiger partial charge in [0.2, 0.25) is 0 Å². The number of carbonyl (C=O) groups is 2. The quantitative estimate of drug-likeness (QED) is 0.478. The maximum Gasteiger partial charge on any atom is 0.308 e. The number of carbonyl (C=O) groups excluding carboxylic acids is 2. The summed E-state index contributed by atoms with van der Waals surface area (Å²) in [5, 5.41) is 0. The zero-order chi connectivity index (χ0) is 13.3. The lowest BCUT2D eigenvalue weighted by Crippen LogP contribution is -2.18. The summed E-state index contributed by atoms with van der Waals surface area (Å²) in [5.74, 6) is -0.719. The highest BCUT2D eigenvalue weighted by molar-refractivity contribution is 5.71. The highest BCUT2D eigenvalue weighted by Gasteiger charge is 2.08. The van der Waals surface area contributed by atoms with E-state index < -0.39 is 0 Å². The molecular weight excluding hydrogens is 224 g/mol. The van der Waals surface area contributed by atoms with E-state index >= 15 is 0 Å². The second-order valence-corrected chi connectivity index (χ2v) is 4.26. The maximum absolute atomic E-state index is 11.0. The topological polar surface area (TPSA) is 61.8 Å². The fourth-order valence-electron chi connectivity index (χ4n) is 0.838. The third kappa shape index (κ3) is 8.68. The summed E-state index contributed by atoms with van der Waals surface area (Å²) in [5.41, 5.74) is 0. The first-order valence-electron chi connectivity index (χ1n) is 5.86. The van der Waals surface area contributed by atoms with Gasteiger partial charge in [-0.25, -0.2) is 0 Å². The van der Waals surface area contributed by atoms with Gasteiger partial charge in [-0.3, -0.25) is 9.59 Å². The van der Waals surface area contributed by atoms with E-state index in [2.05, 4.69) is 0 Å². The molecule has 0 fully saturated rings. The number of rotatable bonds is 8. The molecular formula is C12H22O5. The minimum Gasteiger partial charge on any atom is -0.463 e. The van der Waals surface area contributed by atoms with Gasteiger partial charge < -0.3 is 14.2 Å². The SMILES string of the molecule is CC(C)C(=O)OCCOCCOC(=O)C(C)C. The molecule has 0 aliphatic rings. The Morgan fingerprint density at radius 3 is 1.41 bits per heavy atom. The van der Waals surface area contributed by atoms with Crippen LogP contribution in [0.2, 0.25) is 0 Å². The molecule has 0 aromatic rings. The summed E-state index contributed by atoms with van der Waals surface area (Å²) >= 11 is 0. The molecule has 0 heterocycles. The first kappa shape index (κ1) is 15.9. The van der Waals surface area contributed by atoms with Crippen molar-refractivity contribution in [1.82, 2.24) is 0 Å². The van der Waals surface area contributed by atoms with Crippen molar-refractivity contribution in [2.45, 2.75) is 27.7 Å². The fraction of sp³-hybridized carbons (Fsp3) is 0.833. The lowest BCUT2D eigenvalue weighted by molar-refractivity contribution is -0.150. The van der Waals surface area contributed by atoms with E-state index in [0.717, 1.165) is 0 Å². The Balaban J connectivity index is 3.30. The van der Waals surface area contributed by atoms with Crippen molar-refractivity contribution in [3.63, 3.8) is 0 Å². The monoisotopic (exact) mass is 246 g/mol. The molecule has 0 bridgehead atoms. The lowest BCUT2D eigenvalue weighted by atomic mass is 10.2. The first-order valence-corrected chi connectivity index (χ1v) is 5.86. The first-order chi connectivity index (χ1) is 7.95. The highest BCUT2D eigenvalue weighted by Crippen LogP contribution is 1.96. The molecule has 0 unspecified atom stereocenters. The third-order valence-corrected chi connectivity index (χ3v) is 1.89. The van der Waals surface area contributed by atoms with Crippen molar-refractivity contribution in [2.24, 2.45) is 11.8 Å². The van der Waals surface area contributed by atoms with Crippen LogP contribution in [-0.2, 0) is 23.8 Å². The van der Waals surface area contributed by atoms with Crippen molar-refractivity contribution in [2.75, 3.05) is 26.4 Å². The van der Waals surface area contributed by atoms with Gasteiger partial charge in [-0.2, -0.15) is 0 Å². The average Bonchev–Trinajstić information content (AvgIpc) is 2.26. The predicted molar refractivity (Wildman–Crippen MR) is 62.4 cm³/mol. The van der Waals surface area contributed by atoms with Crippen molar-refractivity contribution < 1.29 is 23.8 Å². The molecule has 0 radical (unpaired) electrons. The zero-order valence-electron chi connectivity index (χ0n) is 11.0. The molecule has 0 saturated carbocycles. The van der Waals surface area contributed by atoms with Crippen LogP contribution in [0.5, 0.6) is 0 Å². The van der Waals surface area contributed by atoms with Crippen molar-refractivity contribution in [3.05, 3.63) is 0 Å². The maximum atomic E-state index is 11.0. The van der Waals surface area contributed by atoms with Crippen molar-refractivity contribution in [1.29, 1.82) is 0 Å². The van der Waals surface area contributed by atoms with E-state index in [1.165, 1.54) is 0 Å². The van der Waals surface area contributed by atoms with Crippen LogP contribution < -0.4 is 0 Å². The third-order valence-electron chi connectivity index (χ3n) is 1.89. The summed E-state index contributed by atoms with van der Waals surface area (Å²) < 4.78 is 14.9. The smallest absolute Gasteiger partial charge is 0.308 e. The minimum atomic E-state index is -0.236. The van der Waals surface area contributed by atoms with E-state index in [4.69, 9.17) is 14.2 Å². The van der Waals surface area contributed by atoms with Crippen LogP contribution in [-0.4, -0.2) is 38.4 Å². The van der Waals surface area contributed by atoms with Gasteiger partial charge in [-0.15, -0.1) is 0 Å². The summed E-state index contributed by atoms with van der Waals surface area (Å²) in [6, 6.07) is 0. The zero-order valence-corrected chi connectivity index (χ0v) is 11.0. The lowest BCUT2D eigenvalue weighted by Gasteiger charge is -2.09. The summed E-state index contributed by atoms with van der Waals surface area (Å²) in [6.45, 7) is 8.19. The Bertz CT molecular complexity index is 211. The average molecular weight is 246 g/mol. The van der Waals surface area contributed by atoms with Crippen LogP contribution in [0, 0.1) is 11.8 Å². The molecule has 0 aromatic heterocycles. The molecule has 17 heavy (non-hydrogen) atoms. The Morgan fingerprint density at radius 1 is 0.765 bits per heavy atom. The summed E-state index contributed by atoms with van der Waals surface area (Å²) in [7, 11) is 0. The van der Waals surface area contributed by atoms with E-state index in [9.17, 15) is 9.59 Å². The number of hydrogen-bond acceptors (Lipinski definition) is 5. The molecule has 0 aromatic carbocycles. The molecule has 0 N–H and O–H groups in total. The Kier molecular flexibility index (Phi) is 8.40. The Hall–Kier alpha value is -1.10. The van der Waals surface area contributed by atoms with Crippen LogP contribution in [0.25, 0.3) is 0 Å². The van der Waals surface area contributed by atoms with Crippen LogP contribution >= 0.6 is 0 Å². The molecule has 0 rings (SSSR count). The van der Waals surface area contributed by atoms with Gasteiger partial charge in [0, 0.05) is 0 Å². The van der Waals surface area contributed by atoms with Gasteiger partial charge in [0.25, 0.3) is 0 Å². The second-order valence-electron chi connectivity index (χ2n) is 4.26. The second kappa shape index (κ2) is 8.98. The van der Waals surface area contributed by atoms with E-state index in [0.29, 0.717) is 13.2 Å². The molecule has 0 spiro atoms. The molecule has 0 aliphatic heterocycles. The predicted octanol–water partition coefficient (Wildman–Crippen LogP) is 1.40. The van der Waals surface area contributed by atoms with Crippen LogP contribution in [0.15, 0.2) is 0 Å². The van der Waals surface area contributed by atoms with Gasteiger partial charge in [0.1, 0.15) is 13.2 Å². The molecule has 0 saturated heterocycles. The largest absolute Gasteiger partial charge is 0.463 e. The number of ether oxygens (including phenoxy) is 3. The molecule has 0 atom stereocenters. The number of hydrogen-bond donors (Lipinski definition) is 0. The van der Waals surface area contributed by atoms with Gasteiger partial charge in [-0.05, 0) is 0 Å². The van der Waals surface area contributed by atoms with Crippen LogP contribution in [0.3, 0.4) is 0 Å². The standard InChI is InChI=1S/C12H22O5/c1-9(2)11(13)16-7-5-15-6-8-17-12(14)10(3)4/h9-10H,5-8H2,1-4H3. The Morgan fingerprint density at radius 2 is 1.12 bits per heavy atom. The van der Waals surface area contributed by atoms with E-state index in [1.807, 2.05) is 0 Å². The highest BCUT2D eigenvalue weighted by atomic mass is 16.6. The molecule has 100 valence electrons.